The van der Waals surface area contributed by atoms with Gasteiger partial charge in [-0.25, -0.2) is 0 Å². The van der Waals surface area contributed by atoms with Crippen molar-refractivity contribution in [2.45, 2.75) is 25.7 Å². The van der Waals surface area contributed by atoms with Crippen LogP contribution in [0, 0.1) is 5.92 Å². The van der Waals surface area contributed by atoms with E-state index >= 15 is 0 Å². The molecule has 0 bridgehead atoms. The lowest BCUT2D eigenvalue weighted by Crippen LogP contribution is -2.27. The lowest BCUT2D eigenvalue weighted by molar-refractivity contribution is 0.0949. The maximum Gasteiger partial charge on any atom is 0.252 e. The van der Waals surface area contributed by atoms with Gasteiger partial charge < -0.3 is 5.32 Å². The molecule has 1 fully saturated rings. The van der Waals surface area contributed by atoms with Crippen LogP contribution in [0.2, 0.25) is 5.02 Å². The summed E-state index contributed by atoms with van der Waals surface area (Å²) in [4.78, 5) is 15.6. The number of hydrogen-bond donors (Lipinski definition) is 1. The Balaban J connectivity index is 1.81. The molecule has 1 aromatic heterocycles. The summed E-state index contributed by atoms with van der Waals surface area (Å²) in [6.07, 6.45) is 8.11. The number of pyridine rings is 1. The monoisotopic (exact) mass is 238 g/mol. The molecule has 3 nitrogen and oxygen atoms in total. The molecular weight excluding hydrogens is 224 g/mol. The van der Waals surface area contributed by atoms with Crippen molar-refractivity contribution >= 4 is 17.5 Å². The molecule has 1 saturated carbocycles. The molecule has 1 N–H and O–H groups in total. The van der Waals surface area contributed by atoms with Crippen LogP contribution >= 0.6 is 11.6 Å². The minimum absolute atomic E-state index is 0.105. The maximum absolute atomic E-state index is 11.7. The molecule has 16 heavy (non-hydrogen) atoms. The third kappa shape index (κ3) is 2.73. The van der Waals surface area contributed by atoms with E-state index in [0.29, 0.717) is 10.6 Å². The van der Waals surface area contributed by atoms with Gasteiger partial charge in [0.25, 0.3) is 5.91 Å². The second-order valence-electron chi connectivity index (χ2n) is 4.20. The molecule has 1 amide bonds. The number of nitrogens with zero attached hydrogens (tertiary/aromatic N) is 1. The molecule has 1 aromatic rings. The number of nitrogens with one attached hydrogen (secondary N) is 1. The van der Waals surface area contributed by atoms with E-state index in [1.54, 1.807) is 12.3 Å². The summed E-state index contributed by atoms with van der Waals surface area (Å²) in [7, 11) is 0. The Labute approximate surface area is 100 Å². The van der Waals surface area contributed by atoms with Crippen LogP contribution in [0.5, 0.6) is 0 Å². The van der Waals surface area contributed by atoms with Gasteiger partial charge in [0.15, 0.2) is 0 Å². The number of carbonyl (C=O) groups is 1. The lowest BCUT2D eigenvalue weighted by atomic mass is 9.83. The van der Waals surface area contributed by atoms with E-state index in [-0.39, 0.29) is 5.91 Å². The van der Waals surface area contributed by atoms with Crippen molar-refractivity contribution in [3.05, 3.63) is 29.0 Å². The molecule has 4 heteroatoms. The third-order valence-corrected chi connectivity index (χ3v) is 3.38. The van der Waals surface area contributed by atoms with Crippen molar-refractivity contribution in [3.63, 3.8) is 0 Å². The zero-order valence-corrected chi connectivity index (χ0v) is 9.83. The molecule has 0 radical (unpaired) electrons. The molecule has 2 rings (SSSR count). The van der Waals surface area contributed by atoms with Gasteiger partial charge in [-0.3, -0.25) is 9.78 Å². The summed E-state index contributed by atoms with van der Waals surface area (Å²) >= 11 is 5.88. The fraction of sp³-hybridized carbons (Fsp3) is 0.500. The van der Waals surface area contributed by atoms with Crippen LogP contribution < -0.4 is 5.32 Å². The average Bonchev–Trinajstić information content (AvgIpc) is 2.22. The number of carbonyl (C=O) groups excluding carboxylic acids is 1. The first kappa shape index (κ1) is 11.4. The zero-order chi connectivity index (χ0) is 11.4. The molecule has 0 unspecified atom stereocenters. The molecule has 1 heterocycles. The Morgan fingerprint density at radius 3 is 3.00 bits per heavy atom. The van der Waals surface area contributed by atoms with Gasteiger partial charge in [0.2, 0.25) is 0 Å². The SMILES string of the molecule is O=C(NCCC1CCC1)c1ccncc1Cl. The molecule has 0 spiro atoms. The summed E-state index contributed by atoms with van der Waals surface area (Å²) in [6, 6.07) is 1.64. The molecule has 0 atom stereocenters. The first-order chi connectivity index (χ1) is 7.77. The summed E-state index contributed by atoms with van der Waals surface area (Å²) < 4.78 is 0. The van der Waals surface area contributed by atoms with E-state index in [1.165, 1.54) is 25.5 Å². The van der Waals surface area contributed by atoms with Crippen molar-refractivity contribution in [2.75, 3.05) is 6.54 Å². The first-order valence-electron chi connectivity index (χ1n) is 5.65. The highest BCUT2D eigenvalue weighted by atomic mass is 35.5. The molecule has 1 aliphatic carbocycles. The zero-order valence-electron chi connectivity index (χ0n) is 9.08. The van der Waals surface area contributed by atoms with E-state index < -0.39 is 0 Å². The summed E-state index contributed by atoms with van der Waals surface area (Å²) in [6.45, 7) is 0.738. The maximum atomic E-state index is 11.7. The third-order valence-electron chi connectivity index (χ3n) is 3.08. The fourth-order valence-electron chi connectivity index (χ4n) is 1.83. The fourth-order valence-corrected chi connectivity index (χ4v) is 2.03. The molecule has 0 aromatic carbocycles. The van der Waals surface area contributed by atoms with Gasteiger partial charge in [-0.05, 0) is 18.4 Å². The summed E-state index contributed by atoms with van der Waals surface area (Å²) in [5, 5.41) is 3.29. The van der Waals surface area contributed by atoms with Crippen LogP contribution in [-0.4, -0.2) is 17.4 Å². The smallest absolute Gasteiger partial charge is 0.252 e. The lowest BCUT2D eigenvalue weighted by Gasteiger charge is -2.25. The molecule has 86 valence electrons. The van der Waals surface area contributed by atoms with Crippen LogP contribution in [0.25, 0.3) is 0 Å². The van der Waals surface area contributed by atoms with E-state index in [0.717, 1.165) is 18.9 Å². The van der Waals surface area contributed by atoms with E-state index in [1.807, 2.05) is 0 Å². The van der Waals surface area contributed by atoms with Crippen LogP contribution in [0.4, 0.5) is 0 Å². The Hall–Kier alpha value is -1.09. The van der Waals surface area contributed by atoms with Gasteiger partial charge in [-0.15, -0.1) is 0 Å². The largest absolute Gasteiger partial charge is 0.352 e. The van der Waals surface area contributed by atoms with E-state index in [2.05, 4.69) is 10.3 Å². The number of halogens is 1. The van der Waals surface area contributed by atoms with Crippen molar-refractivity contribution < 1.29 is 4.79 Å². The highest BCUT2D eigenvalue weighted by molar-refractivity contribution is 6.33. The molecular formula is C12H15ClN2O. The van der Waals surface area contributed by atoms with Crippen molar-refractivity contribution in [1.29, 1.82) is 0 Å². The van der Waals surface area contributed by atoms with Crippen molar-refractivity contribution in [2.24, 2.45) is 5.92 Å². The average molecular weight is 239 g/mol. The van der Waals surface area contributed by atoms with Crippen molar-refractivity contribution in [3.8, 4) is 0 Å². The Bertz CT molecular complexity index is 377. The van der Waals surface area contributed by atoms with Gasteiger partial charge >= 0.3 is 0 Å². The van der Waals surface area contributed by atoms with Crippen LogP contribution in [-0.2, 0) is 0 Å². The number of aromatic nitrogens is 1. The number of amides is 1. The van der Waals surface area contributed by atoms with Gasteiger partial charge in [0.05, 0.1) is 10.6 Å². The highest BCUT2D eigenvalue weighted by Crippen LogP contribution is 2.28. The molecule has 0 saturated heterocycles. The summed E-state index contributed by atoms with van der Waals surface area (Å²) in [5.74, 6) is 0.708. The van der Waals surface area contributed by atoms with Crippen LogP contribution in [0.1, 0.15) is 36.0 Å². The van der Waals surface area contributed by atoms with Gasteiger partial charge in [0.1, 0.15) is 0 Å². The van der Waals surface area contributed by atoms with Gasteiger partial charge in [-0.1, -0.05) is 30.9 Å². The number of rotatable bonds is 4. The normalized spacial score (nSPS) is 15.6. The number of hydrogen-bond acceptors (Lipinski definition) is 2. The van der Waals surface area contributed by atoms with Gasteiger partial charge in [-0.2, -0.15) is 0 Å². The quantitative estimate of drug-likeness (QED) is 0.876. The minimum Gasteiger partial charge on any atom is -0.352 e. The minimum atomic E-state index is -0.105. The Kier molecular flexibility index (Phi) is 3.78. The van der Waals surface area contributed by atoms with Crippen LogP contribution in [0.15, 0.2) is 18.5 Å². The van der Waals surface area contributed by atoms with E-state index in [4.69, 9.17) is 11.6 Å². The molecule has 1 aliphatic rings. The standard InChI is InChI=1S/C12H15ClN2O/c13-11-8-14-6-5-10(11)12(16)15-7-4-9-2-1-3-9/h5-6,8-9H,1-4,7H2,(H,15,16). The van der Waals surface area contributed by atoms with Gasteiger partial charge in [0, 0.05) is 18.9 Å². The van der Waals surface area contributed by atoms with Crippen molar-refractivity contribution in [1.82, 2.24) is 10.3 Å². The highest BCUT2D eigenvalue weighted by Gasteiger charge is 2.17. The van der Waals surface area contributed by atoms with Crippen LogP contribution in [0.3, 0.4) is 0 Å². The second-order valence-corrected chi connectivity index (χ2v) is 4.60. The summed E-state index contributed by atoms with van der Waals surface area (Å²) in [5.41, 5.74) is 0.505. The first-order valence-corrected chi connectivity index (χ1v) is 6.03. The Morgan fingerprint density at radius 1 is 1.56 bits per heavy atom. The predicted molar refractivity (Wildman–Crippen MR) is 63.5 cm³/mol. The second kappa shape index (κ2) is 5.30. The topological polar surface area (TPSA) is 42.0 Å². The molecule has 0 aliphatic heterocycles. The predicted octanol–water partition coefficient (Wildman–Crippen LogP) is 2.66. The Morgan fingerprint density at radius 2 is 2.38 bits per heavy atom. The van der Waals surface area contributed by atoms with E-state index in [9.17, 15) is 4.79 Å².